The van der Waals surface area contributed by atoms with Crippen LogP contribution in [-0.2, 0) is 6.54 Å². The van der Waals surface area contributed by atoms with Crippen molar-refractivity contribution in [2.75, 3.05) is 6.61 Å². The zero-order valence-corrected chi connectivity index (χ0v) is 16.1. The molecular weight excluding hydrogens is 408 g/mol. The molecule has 0 bridgehead atoms. The maximum Gasteiger partial charge on any atom is 0.267 e. The number of nitrogens with two attached hydrogens (primary N) is 1. The Morgan fingerprint density at radius 2 is 1.97 bits per heavy atom. The summed E-state index contributed by atoms with van der Waals surface area (Å²) in [5.74, 6) is -3.52. The quantitative estimate of drug-likeness (QED) is 0.654. The van der Waals surface area contributed by atoms with E-state index in [1.54, 1.807) is 24.3 Å². The number of carbonyl (C=O) groups is 2. The summed E-state index contributed by atoms with van der Waals surface area (Å²) in [5, 5.41) is 10.2. The molecule has 0 aliphatic carbocycles. The molecule has 2 heterocycles. The predicted octanol–water partition coefficient (Wildman–Crippen LogP) is 2.94. The monoisotopic (exact) mass is 425 g/mol. The van der Waals surface area contributed by atoms with Gasteiger partial charge in [0.05, 0.1) is 11.6 Å². The maximum atomic E-state index is 14.2. The summed E-state index contributed by atoms with van der Waals surface area (Å²) in [6.07, 6.45) is 1.39. The minimum atomic E-state index is -0.883. The van der Waals surface area contributed by atoms with Crippen LogP contribution >= 0.6 is 0 Å². The van der Waals surface area contributed by atoms with Gasteiger partial charge in [-0.2, -0.15) is 0 Å². The van der Waals surface area contributed by atoms with E-state index in [0.29, 0.717) is 11.6 Å². The zero-order chi connectivity index (χ0) is 22.1. The van der Waals surface area contributed by atoms with Crippen molar-refractivity contribution in [1.29, 1.82) is 0 Å². The van der Waals surface area contributed by atoms with Gasteiger partial charge in [-0.3, -0.25) is 14.6 Å². The topological polar surface area (TPSA) is 106 Å². The molecule has 9 heteroatoms. The summed E-state index contributed by atoms with van der Waals surface area (Å²) >= 11 is 0. The first-order valence-electron chi connectivity index (χ1n) is 9.31. The lowest BCUT2D eigenvalue weighted by molar-refractivity contribution is 0.0624. The molecule has 0 saturated carbocycles. The van der Waals surface area contributed by atoms with Crippen molar-refractivity contribution in [3.63, 3.8) is 0 Å². The van der Waals surface area contributed by atoms with Crippen molar-refractivity contribution in [2.24, 2.45) is 5.73 Å². The van der Waals surface area contributed by atoms with Crippen molar-refractivity contribution in [1.82, 2.24) is 9.88 Å². The number of halogens is 2. The number of pyridine rings is 1. The number of fused-ring (bicyclic) bond motifs is 1. The number of para-hydroxylation sites is 1. The lowest BCUT2D eigenvalue weighted by atomic mass is 10.0. The van der Waals surface area contributed by atoms with Gasteiger partial charge in [-0.15, -0.1) is 0 Å². The Morgan fingerprint density at radius 1 is 1.19 bits per heavy atom. The van der Waals surface area contributed by atoms with Crippen LogP contribution in [0, 0.1) is 11.6 Å². The lowest BCUT2D eigenvalue weighted by Gasteiger charge is -2.29. The largest absolute Gasteiger partial charge is 0.507 e. The molecular formula is C22H17F2N3O4. The average molecular weight is 425 g/mol. The Balaban J connectivity index is 1.81. The Labute approximate surface area is 175 Å². The molecule has 158 valence electrons. The highest BCUT2D eigenvalue weighted by atomic mass is 19.1. The summed E-state index contributed by atoms with van der Waals surface area (Å²) < 4.78 is 33.5. The molecule has 2 amide bonds. The predicted molar refractivity (Wildman–Crippen MR) is 105 cm³/mol. The maximum absolute atomic E-state index is 14.2. The van der Waals surface area contributed by atoms with E-state index in [4.69, 9.17) is 10.5 Å². The summed E-state index contributed by atoms with van der Waals surface area (Å²) in [6, 6.07) is 9.96. The molecule has 4 rings (SSSR count). The Kier molecular flexibility index (Phi) is 5.24. The third-order valence-electron chi connectivity index (χ3n) is 5.02. The number of ether oxygens (including phenoxy) is 1. The van der Waals surface area contributed by atoms with E-state index in [2.05, 4.69) is 4.98 Å². The van der Waals surface area contributed by atoms with E-state index >= 15 is 0 Å². The standard InChI is InChI=1S/C22H17F2N3O4/c23-13-8-15-17(11-31-20(15)16(24)9-13)27(22(30)14-5-1-2-6-18(14)28)10-12-4-3-7-26-19(12)21(25)29/h1-9,17,28H,10-11H2,(H2,25,29). The third kappa shape index (κ3) is 3.77. The van der Waals surface area contributed by atoms with E-state index in [-0.39, 0.29) is 41.5 Å². The first-order chi connectivity index (χ1) is 14.9. The minimum absolute atomic E-state index is 0.0164. The molecule has 1 aliphatic rings. The third-order valence-corrected chi connectivity index (χ3v) is 5.02. The van der Waals surface area contributed by atoms with Gasteiger partial charge >= 0.3 is 0 Å². The highest BCUT2D eigenvalue weighted by Gasteiger charge is 2.36. The first-order valence-corrected chi connectivity index (χ1v) is 9.31. The van der Waals surface area contributed by atoms with Gasteiger partial charge in [0, 0.05) is 29.9 Å². The number of rotatable bonds is 5. The smallest absolute Gasteiger partial charge is 0.267 e. The second-order valence-electron chi connectivity index (χ2n) is 6.96. The van der Waals surface area contributed by atoms with Crippen LogP contribution in [0.25, 0.3) is 0 Å². The summed E-state index contributed by atoms with van der Waals surface area (Å²) in [4.78, 5) is 30.4. The molecule has 0 spiro atoms. The molecule has 0 fully saturated rings. The molecule has 3 aromatic rings. The normalized spacial score (nSPS) is 14.6. The van der Waals surface area contributed by atoms with Gasteiger partial charge in [0.1, 0.15) is 23.9 Å². The van der Waals surface area contributed by atoms with Crippen molar-refractivity contribution in [2.45, 2.75) is 12.6 Å². The fraction of sp³-hybridized carbons (Fsp3) is 0.136. The summed E-state index contributed by atoms with van der Waals surface area (Å²) in [7, 11) is 0. The molecule has 2 aromatic carbocycles. The Bertz CT molecular complexity index is 1190. The summed E-state index contributed by atoms with van der Waals surface area (Å²) in [6.45, 7) is -0.300. The van der Waals surface area contributed by atoms with Crippen LogP contribution in [0.1, 0.15) is 38.0 Å². The van der Waals surface area contributed by atoms with Gasteiger partial charge in [0.15, 0.2) is 11.6 Å². The number of carbonyl (C=O) groups excluding carboxylic acids is 2. The number of nitrogens with zero attached hydrogens (tertiary/aromatic N) is 2. The van der Waals surface area contributed by atoms with Gasteiger partial charge < -0.3 is 20.5 Å². The van der Waals surface area contributed by atoms with E-state index in [0.717, 1.165) is 6.07 Å². The fourth-order valence-corrected chi connectivity index (χ4v) is 3.59. The van der Waals surface area contributed by atoms with Crippen LogP contribution < -0.4 is 10.5 Å². The number of aromatic hydroxyl groups is 1. The van der Waals surface area contributed by atoms with E-state index in [1.165, 1.54) is 23.2 Å². The molecule has 1 atom stereocenters. The van der Waals surface area contributed by atoms with E-state index < -0.39 is 29.5 Å². The second kappa shape index (κ2) is 8.02. The van der Waals surface area contributed by atoms with Gasteiger partial charge in [-0.1, -0.05) is 18.2 Å². The van der Waals surface area contributed by atoms with E-state index in [1.807, 2.05) is 0 Å². The average Bonchev–Trinajstić information content (AvgIpc) is 3.16. The number of amides is 2. The van der Waals surface area contributed by atoms with Gasteiger partial charge in [-0.05, 0) is 24.3 Å². The number of phenolic OH excluding ortho intramolecular Hbond substituents is 1. The number of benzene rings is 2. The van der Waals surface area contributed by atoms with Crippen molar-refractivity contribution < 1.29 is 28.2 Å². The van der Waals surface area contributed by atoms with Crippen LogP contribution in [-0.4, -0.2) is 33.4 Å². The minimum Gasteiger partial charge on any atom is -0.507 e. The summed E-state index contributed by atoms with van der Waals surface area (Å²) in [5.41, 5.74) is 5.83. The van der Waals surface area contributed by atoms with Crippen molar-refractivity contribution >= 4 is 11.8 Å². The van der Waals surface area contributed by atoms with Gasteiger partial charge in [0.25, 0.3) is 11.8 Å². The van der Waals surface area contributed by atoms with Gasteiger partial charge in [0.2, 0.25) is 0 Å². The van der Waals surface area contributed by atoms with Crippen LogP contribution in [0.4, 0.5) is 8.78 Å². The number of hydrogen-bond donors (Lipinski definition) is 2. The van der Waals surface area contributed by atoms with Crippen molar-refractivity contribution in [3.8, 4) is 11.5 Å². The van der Waals surface area contributed by atoms with Crippen LogP contribution in [0.3, 0.4) is 0 Å². The SMILES string of the molecule is NC(=O)c1ncccc1CN(C(=O)c1ccccc1O)C1COc2c(F)cc(F)cc21. The Morgan fingerprint density at radius 3 is 2.71 bits per heavy atom. The number of primary amides is 1. The highest BCUT2D eigenvalue weighted by molar-refractivity contribution is 5.97. The number of aromatic nitrogens is 1. The zero-order valence-electron chi connectivity index (χ0n) is 16.1. The van der Waals surface area contributed by atoms with Crippen LogP contribution in [0.15, 0.2) is 54.7 Å². The van der Waals surface area contributed by atoms with E-state index in [9.17, 15) is 23.5 Å². The van der Waals surface area contributed by atoms with Crippen molar-refractivity contribution in [3.05, 3.63) is 88.7 Å². The molecule has 1 aliphatic heterocycles. The second-order valence-corrected chi connectivity index (χ2v) is 6.96. The molecule has 31 heavy (non-hydrogen) atoms. The molecule has 7 nitrogen and oxygen atoms in total. The number of phenols is 1. The molecule has 3 N–H and O–H groups in total. The fourth-order valence-electron chi connectivity index (χ4n) is 3.59. The van der Waals surface area contributed by atoms with Crippen LogP contribution in [0.5, 0.6) is 11.5 Å². The molecule has 1 aromatic heterocycles. The number of hydrogen-bond acceptors (Lipinski definition) is 5. The molecule has 0 saturated heterocycles. The lowest BCUT2D eigenvalue weighted by Crippen LogP contribution is -2.36. The highest BCUT2D eigenvalue weighted by Crippen LogP contribution is 2.40. The molecule has 1 unspecified atom stereocenters. The van der Waals surface area contributed by atoms with Gasteiger partial charge in [-0.25, -0.2) is 8.78 Å². The van der Waals surface area contributed by atoms with Crippen LogP contribution in [0.2, 0.25) is 0 Å². The first kappa shape index (κ1) is 20.3. The molecule has 0 radical (unpaired) electrons. The Hall–Kier alpha value is -4.01.